The molecule has 10 heteroatoms. The number of nitro groups is 1. The van der Waals surface area contributed by atoms with Crippen LogP contribution in [-0.4, -0.2) is 29.3 Å². The number of nitrogens with zero attached hydrogens (tertiary/aromatic N) is 6. The van der Waals surface area contributed by atoms with E-state index in [1.807, 2.05) is 12.1 Å². The van der Waals surface area contributed by atoms with Gasteiger partial charge in [0.15, 0.2) is 0 Å². The Bertz CT molecular complexity index is 1380. The van der Waals surface area contributed by atoms with Crippen LogP contribution in [0.25, 0.3) is 16.6 Å². The molecule has 0 aliphatic rings. The Kier molecular flexibility index (Phi) is 4.14. The van der Waals surface area contributed by atoms with Gasteiger partial charge in [-0.15, -0.1) is 0 Å². The van der Waals surface area contributed by atoms with E-state index < -0.39 is 4.92 Å². The van der Waals surface area contributed by atoms with Gasteiger partial charge in [0, 0.05) is 41.7 Å². The predicted molar refractivity (Wildman–Crippen MR) is 109 cm³/mol. The summed E-state index contributed by atoms with van der Waals surface area (Å²) >= 11 is 0. The number of fused-ring (bicyclic) bond motifs is 2. The Morgan fingerprint density at radius 3 is 2.70 bits per heavy atom. The molecule has 0 atom stereocenters. The molecule has 5 aromatic rings. The zero-order valence-corrected chi connectivity index (χ0v) is 15.3. The zero-order chi connectivity index (χ0) is 20.5. The topological polar surface area (TPSA) is 120 Å². The molecule has 3 heterocycles. The van der Waals surface area contributed by atoms with Gasteiger partial charge in [-0.2, -0.15) is 0 Å². The molecular formula is C20H13N7O3. The van der Waals surface area contributed by atoms with Gasteiger partial charge in [-0.05, 0) is 30.3 Å². The molecule has 2 aromatic carbocycles. The fourth-order valence-electron chi connectivity index (χ4n) is 2.98. The van der Waals surface area contributed by atoms with E-state index in [0.29, 0.717) is 28.4 Å². The lowest BCUT2D eigenvalue weighted by Gasteiger charge is -2.09. The Morgan fingerprint density at radius 1 is 1.00 bits per heavy atom. The summed E-state index contributed by atoms with van der Waals surface area (Å²) in [4.78, 5) is 27.4. The second-order valence-corrected chi connectivity index (χ2v) is 6.35. The van der Waals surface area contributed by atoms with E-state index in [4.69, 9.17) is 4.74 Å². The van der Waals surface area contributed by atoms with Crippen LogP contribution in [0.15, 0.2) is 73.6 Å². The third kappa shape index (κ3) is 3.33. The lowest BCUT2D eigenvalue weighted by Crippen LogP contribution is -1.97. The molecule has 1 N–H and O–H groups in total. The molecular weight excluding hydrogens is 386 g/mol. The predicted octanol–water partition coefficient (Wildman–Crippen LogP) is 4.12. The number of ether oxygens (including phenoxy) is 1. The van der Waals surface area contributed by atoms with Crippen molar-refractivity contribution in [1.29, 1.82) is 0 Å². The van der Waals surface area contributed by atoms with E-state index in [0.717, 1.165) is 11.3 Å². The van der Waals surface area contributed by atoms with Crippen LogP contribution in [0, 0.1) is 10.1 Å². The van der Waals surface area contributed by atoms with Crippen LogP contribution >= 0.6 is 0 Å². The first-order valence-corrected chi connectivity index (χ1v) is 8.88. The first kappa shape index (κ1) is 17.5. The maximum atomic E-state index is 11.1. The molecule has 0 unspecified atom stereocenters. The molecule has 30 heavy (non-hydrogen) atoms. The van der Waals surface area contributed by atoms with Gasteiger partial charge in [0.05, 0.1) is 10.4 Å². The second-order valence-electron chi connectivity index (χ2n) is 6.35. The van der Waals surface area contributed by atoms with Crippen molar-refractivity contribution in [3.8, 4) is 11.6 Å². The number of hydrogen-bond donors (Lipinski definition) is 1. The average molecular weight is 399 g/mol. The van der Waals surface area contributed by atoms with E-state index in [2.05, 4.69) is 25.3 Å². The van der Waals surface area contributed by atoms with E-state index >= 15 is 0 Å². The molecule has 0 bridgehead atoms. The van der Waals surface area contributed by atoms with Crippen molar-refractivity contribution < 1.29 is 9.66 Å². The molecule has 0 spiro atoms. The van der Waals surface area contributed by atoms with Crippen molar-refractivity contribution in [3.05, 3.63) is 83.7 Å². The summed E-state index contributed by atoms with van der Waals surface area (Å²) in [5, 5.41) is 14.8. The molecule has 146 valence electrons. The van der Waals surface area contributed by atoms with Crippen molar-refractivity contribution in [2.75, 3.05) is 5.32 Å². The van der Waals surface area contributed by atoms with Crippen LogP contribution in [0.4, 0.5) is 17.2 Å². The molecule has 0 fully saturated rings. The molecule has 0 saturated carbocycles. The van der Waals surface area contributed by atoms with Crippen LogP contribution in [0.5, 0.6) is 11.6 Å². The first-order valence-electron chi connectivity index (χ1n) is 8.88. The van der Waals surface area contributed by atoms with Crippen LogP contribution in [0.3, 0.4) is 0 Å². The van der Waals surface area contributed by atoms with Crippen molar-refractivity contribution in [3.63, 3.8) is 0 Å². The van der Waals surface area contributed by atoms with Crippen molar-refractivity contribution in [2.24, 2.45) is 0 Å². The van der Waals surface area contributed by atoms with Gasteiger partial charge in [0.2, 0.25) is 5.88 Å². The van der Waals surface area contributed by atoms with Gasteiger partial charge in [-0.3, -0.25) is 14.5 Å². The van der Waals surface area contributed by atoms with E-state index in [1.54, 1.807) is 47.4 Å². The van der Waals surface area contributed by atoms with Crippen molar-refractivity contribution in [1.82, 2.24) is 24.3 Å². The second kappa shape index (κ2) is 7.09. The van der Waals surface area contributed by atoms with Crippen LogP contribution in [0.2, 0.25) is 0 Å². The van der Waals surface area contributed by atoms with E-state index in [-0.39, 0.29) is 5.69 Å². The third-order valence-corrected chi connectivity index (χ3v) is 4.43. The lowest BCUT2D eigenvalue weighted by atomic mass is 10.2. The fraction of sp³-hybridized carbons (Fsp3) is 0. The highest BCUT2D eigenvalue weighted by Crippen LogP contribution is 2.28. The molecule has 10 nitrogen and oxygen atoms in total. The number of anilines is 2. The van der Waals surface area contributed by atoms with Crippen LogP contribution in [-0.2, 0) is 0 Å². The molecule has 0 aliphatic carbocycles. The lowest BCUT2D eigenvalue weighted by molar-refractivity contribution is -0.384. The summed E-state index contributed by atoms with van der Waals surface area (Å²) in [6.07, 6.45) is 6.53. The van der Waals surface area contributed by atoms with Gasteiger partial charge in [-0.25, -0.2) is 19.9 Å². The number of nitro benzene ring substituents is 1. The highest BCUT2D eigenvalue weighted by molar-refractivity contribution is 5.92. The van der Waals surface area contributed by atoms with Gasteiger partial charge in [0.25, 0.3) is 5.69 Å². The summed E-state index contributed by atoms with van der Waals surface area (Å²) in [6, 6.07) is 13.4. The largest absolute Gasteiger partial charge is 0.439 e. The Morgan fingerprint density at radius 2 is 1.87 bits per heavy atom. The summed E-state index contributed by atoms with van der Waals surface area (Å²) in [5.74, 6) is 1.51. The highest BCUT2D eigenvalue weighted by Gasteiger charge is 2.11. The Hall–Kier alpha value is -4.60. The Labute approximate surface area is 169 Å². The number of non-ortho nitro benzene ring substituents is 1. The number of aromatic nitrogens is 5. The smallest absolute Gasteiger partial charge is 0.270 e. The highest BCUT2D eigenvalue weighted by atomic mass is 16.6. The molecule has 5 rings (SSSR count). The van der Waals surface area contributed by atoms with Crippen LogP contribution in [0.1, 0.15) is 0 Å². The minimum atomic E-state index is -0.447. The molecule has 0 aliphatic heterocycles. The molecule has 0 amide bonds. The summed E-state index contributed by atoms with van der Waals surface area (Å²) in [7, 11) is 0. The van der Waals surface area contributed by atoms with Crippen molar-refractivity contribution >= 4 is 33.7 Å². The quantitative estimate of drug-likeness (QED) is 0.346. The molecule has 0 radical (unpaired) electrons. The van der Waals surface area contributed by atoms with E-state index in [9.17, 15) is 10.1 Å². The normalized spacial score (nSPS) is 10.9. The van der Waals surface area contributed by atoms with Crippen molar-refractivity contribution in [2.45, 2.75) is 0 Å². The summed E-state index contributed by atoms with van der Waals surface area (Å²) in [5.41, 5.74) is 2.07. The number of hydrogen-bond acceptors (Lipinski definition) is 8. The SMILES string of the molecule is O=[N+]([O-])c1ccc2ncnc(Nc3ccc(Oc4cc5nccn5cn4)cc3)c2c1. The van der Waals surface area contributed by atoms with Crippen LogP contribution < -0.4 is 10.1 Å². The first-order chi connectivity index (χ1) is 14.7. The third-order valence-electron chi connectivity index (χ3n) is 4.43. The standard InChI is InChI=1S/C20H13N7O3/c28-27(29)14-3-6-17-16(9-14)20(23-11-22-17)25-13-1-4-15(5-2-13)30-19-10-18-21-7-8-26(18)12-24-19/h1-12H,(H,22,23,25). The minimum Gasteiger partial charge on any atom is -0.439 e. The Balaban J connectivity index is 1.38. The molecule has 0 saturated heterocycles. The maximum absolute atomic E-state index is 11.1. The van der Waals surface area contributed by atoms with Gasteiger partial charge >= 0.3 is 0 Å². The van der Waals surface area contributed by atoms with Gasteiger partial charge < -0.3 is 10.1 Å². The fourth-order valence-corrected chi connectivity index (χ4v) is 2.98. The number of imidazole rings is 1. The van der Waals surface area contributed by atoms with Gasteiger partial charge in [-0.1, -0.05) is 0 Å². The van der Waals surface area contributed by atoms with Gasteiger partial charge in [0.1, 0.15) is 29.9 Å². The number of rotatable bonds is 5. The minimum absolute atomic E-state index is 0.0222. The maximum Gasteiger partial charge on any atom is 0.270 e. The monoisotopic (exact) mass is 399 g/mol. The molecule has 3 aromatic heterocycles. The summed E-state index contributed by atoms with van der Waals surface area (Å²) < 4.78 is 7.57. The number of nitrogens with one attached hydrogen (secondary N) is 1. The average Bonchev–Trinajstić information content (AvgIpc) is 3.23. The summed E-state index contributed by atoms with van der Waals surface area (Å²) in [6.45, 7) is 0. The zero-order valence-electron chi connectivity index (χ0n) is 15.3. The number of benzene rings is 2. The van der Waals surface area contributed by atoms with E-state index in [1.165, 1.54) is 18.5 Å².